The molecule has 2 atom stereocenters. The number of carbonyl (C=O) groups excluding carboxylic acids is 3. The Balaban J connectivity index is 1.59. The van der Waals surface area contributed by atoms with Gasteiger partial charge in [-0.2, -0.15) is 0 Å². The Bertz CT molecular complexity index is 1370. The first kappa shape index (κ1) is 26.2. The molecule has 2 aromatic carbocycles. The first-order chi connectivity index (χ1) is 18.1. The largest absolute Gasteiger partial charge is 0.351 e. The van der Waals surface area contributed by atoms with Crippen LogP contribution in [0.1, 0.15) is 37.3 Å². The summed E-state index contributed by atoms with van der Waals surface area (Å²) in [4.78, 5) is 47.3. The molecule has 2 heterocycles. The number of hydrogen-bond donors (Lipinski definition) is 1. The van der Waals surface area contributed by atoms with Crippen molar-refractivity contribution in [2.45, 2.75) is 49.7 Å². The minimum absolute atomic E-state index is 0.0486. The second-order valence-corrected chi connectivity index (χ2v) is 10.5. The fourth-order valence-corrected chi connectivity index (χ4v) is 5.77. The van der Waals surface area contributed by atoms with Gasteiger partial charge in [-0.3, -0.25) is 24.2 Å². The Morgan fingerprint density at radius 1 is 1.18 bits per heavy atom. The molecular formula is C26H22ClF3N4O3S. The molecule has 1 saturated carbocycles. The van der Waals surface area contributed by atoms with E-state index in [4.69, 9.17) is 11.6 Å². The van der Waals surface area contributed by atoms with Crippen molar-refractivity contribution in [1.82, 2.24) is 10.3 Å². The summed E-state index contributed by atoms with van der Waals surface area (Å²) in [6.07, 6.45) is 0.668. The molecule has 0 radical (unpaired) electrons. The number of halogens is 4. The topological polar surface area (TPSA) is 82.6 Å². The van der Waals surface area contributed by atoms with E-state index in [0.29, 0.717) is 5.13 Å². The average molecular weight is 563 g/mol. The van der Waals surface area contributed by atoms with Crippen LogP contribution in [0.5, 0.6) is 0 Å². The van der Waals surface area contributed by atoms with Gasteiger partial charge in [-0.25, -0.2) is 18.2 Å². The van der Waals surface area contributed by atoms with E-state index in [9.17, 15) is 27.6 Å². The lowest BCUT2D eigenvalue weighted by Gasteiger charge is -2.39. The highest BCUT2D eigenvalue weighted by Gasteiger charge is 2.48. The molecule has 1 aromatic heterocycles. The number of aromatic nitrogens is 1. The minimum Gasteiger partial charge on any atom is -0.351 e. The zero-order valence-electron chi connectivity index (χ0n) is 19.8. The van der Waals surface area contributed by atoms with Crippen LogP contribution in [0.25, 0.3) is 0 Å². The maximum absolute atomic E-state index is 14.4. The van der Waals surface area contributed by atoms with Crippen molar-refractivity contribution < 1.29 is 27.6 Å². The molecule has 5 rings (SSSR count). The summed E-state index contributed by atoms with van der Waals surface area (Å²) in [5, 5.41) is 4.74. The van der Waals surface area contributed by atoms with Crippen molar-refractivity contribution in [3.05, 3.63) is 76.5 Å². The van der Waals surface area contributed by atoms with Gasteiger partial charge >= 0.3 is 0 Å². The highest BCUT2D eigenvalue weighted by atomic mass is 35.5. The number of carbonyl (C=O) groups is 3. The molecule has 38 heavy (non-hydrogen) atoms. The first-order valence-corrected chi connectivity index (χ1v) is 13.1. The van der Waals surface area contributed by atoms with Gasteiger partial charge in [-0.1, -0.05) is 35.9 Å². The van der Waals surface area contributed by atoms with Crippen molar-refractivity contribution >= 4 is 51.5 Å². The van der Waals surface area contributed by atoms with Gasteiger partial charge < -0.3 is 5.32 Å². The maximum Gasteiger partial charge on any atom is 0.252 e. The number of alkyl halides is 2. The number of anilines is 2. The van der Waals surface area contributed by atoms with E-state index in [1.807, 2.05) is 0 Å². The van der Waals surface area contributed by atoms with Crippen molar-refractivity contribution in [1.29, 1.82) is 0 Å². The molecule has 7 nitrogen and oxygen atoms in total. The second kappa shape index (κ2) is 10.4. The fraction of sp³-hybridized carbons (Fsp3) is 0.308. The maximum atomic E-state index is 14.4. The molecule has 1 N–H and O–H groups in total. The van der Waals surface area contributed by atoms with Gasteiger partial charge in [0, 0.05) is 53.2 Å². The normalized spacial score (nSPS) is 19.6. The van der Waals surface area contributed by atoms with Crippen molar-refractivity contribution in [2.24, 2.45) is 0 Å². The first-order valence-electron chi connectivity index (χ1n) is 11.9. The van der Waals surface area contributed by atoms with E-state index in [1.165, 1.54) is 46.7 Å². The van der Waals surface area contributed by atoms with Crippen LogP contribution in [0.4, 0.5) is 24.0 Å². The summed E-state index contributed by atoms with van der Waals surface area (Å²) < 4.78 is 41.5. The number of amides is 3. The van der Waals surface area contributed by atoms with E-state index < -0.39 is 54.5 Å². The molecule has 1 aliphatic heterocycles. The third kappa shape index (κ3) is 5.12. The van der Waals surface area contributed by atoms with Crippen LogP contribution in [0.15, 0.2) is 60.1 Å². The van der Waals surface area contributed by atoms with Crippen LogP contribution in [0.2, 0.25) is 5.02 Å². The van der Waals surface area contributed by atoms with Crippen LogP contribution in [-0.2, 0) is 14.4 Å². The Labute approximate surface area is 225 Å². The number of benzene rings is 2. The number of thiazole rings is 1. The van der Waals surface area contributed by atoms with Gasteiger partial charge in [0.05, 0.1) is 0 Å². The monoisotopic (exact) mass is 562 g/mol. The molecule has 1 saturated heterocycles. The molecular weight excluding hydrogens is 541 g/mol. The third-order valence-corrected chi connectivity index (χ3v) is 7.70. The summed E-state index contributed by atoms with van der Waals surface area (Å²) in [5.74, 6) is -5.25. The molecule has 198 valence electrons. The molecule has 0 unspecified atom stereocenters. The van der Waals surface area contributed by atoms with Crippen molar-refractivity contribution in [3.8, 4) is 0 Å². The highest BCUT2D eigenvalue weighted by Crippen LogP contribution is 2.40. The van der Waals surface area contributed by atoms with Gasteiger partial charge in [0.25, 0.3) is 11.8 Å². The van der Waals surface area contributed by atoms with Crippen LogP contribution < -0.4 is 15.1 Å². The van der Waals surface area contributed by atoms with Crippen LogP contribution >= 0.6 is 22.9 Å². The van der Waals surface area contributed by atoms with E-state index >= 15 is 0 Å². The Morgan fingerprint density at radius 3 is 2.61 bits per heavy atom. The second-order valence-electron chi connectivity index (χ2n) is 9.21. The lowest BCUT2D eigenvalue weighted by atomic mass is 9.87. The molecule has 0 spiro atoms. The van der Waals surface area contributed by atoms with Crippen LogP contribution in [0, 0.1) is 5.82 Å². The third-order valence-electron chi connectivity index (χ3n) is 6.59. The molecule has 2 fully saturated rings. The lowest BCUT2D eigenvalue weighted by molar-refractivity contribution is -0.133. The summed E-state index contributed by atoms with van der Waals surface area (Å²) in [6, 6.07) is 8.21. The van der Waals surface area contributed by atoms with Gasteiger partial charge in [0.1, 0.15) is 17.9 Å². The summed E-state index contributed by atoms with van der Waals surface area (Å²) in [5.41, 5.74) is 0.271. The number of hydrogen-bond acceptors (Lipinski definition) is 5. The lowest BCUT2D eigenvalue weighted by Crippen LogP contribution is -2.56. The number of nitrogens with zero attached hydrogens (tertiary/aromatic N) is 3. The molecule has 0 bridgehead atoms. The fourth-order valence-electron chi connectivity index (χ4n) is 4.82. The predicted molar refractivity (Wildman–Crippen MR) is 137 cm³/mol. The molecule has 3 aromatic rings. The Morgan fingerprint density at radius 2 is 1.95 bits per heavy atom. The van der Waals surface area contributed by atoms with Crippen LogP contribution in [0.3, 0.4) is 0 Å². The number of rotatable bonds is 7. The van der Waals surface area contributed by atoms with E-state index in [-0.39, 0.29) is 35.0 Å². The quantitative estimate of drug-likeness (QED) is 0.433. The zero-order chi connectivity index (χ0) is 27.0. The van der Waals surface area contributed by atoms with Gasteiger partial charge in [-0.05, 0) is 30.7 Å². The van der Waals surface area contributed by atoms with Crippen LogP contribution in [-0.4, -0.2) is 40.7 Å². The standard InChI is InChI=1S/C26H22ClF3N4O3S/c27-19-7-2-1-6-18(19)22(23(36)32-16-13-26(29,30)14-16)33(17-5-3-4-15(28)12-17)24(37)20-8-9-21(35)34(20)25-31-10-11-38-25/h1-7,10-12,16,20,22H,8-9,13-14H2,(H,32,36)/t20-,22-/m0/s1. The van der Waals surface area contributed by atoms with E-state index in [1.54, 1.807) is 23.6 Å². The predicted octanol–water partition coefficient (Wildman–Crippen LogP) is 5.12. The minimum atomic E-state index is -2.88. The van der Waals surface area contributed by atoms with Gasteiger partial charge in [-0.15, -0.1) is 11.3 Å². The highest BCUT2D eigenvalue weighted by molar-refractivity contribution is 7.13. The van der Waals surface area contributed by atoms with Gasteiger partial charge in [0.2, 0.25) is 11.8 Å². The smallest absolute Gasteiger partial charge is 0.252 e. The Kier molecular flexibility index (Phi) is 7.15. The molecule has 3 amide bonds. The summed E-state index contributed by atoms with van der Waals surface area (Å²) in [7, 11) is 0. The zero-order valence-corrected chi connectivity index (χ0v) is 21.4. The Hall–Kier alpha value is -3.44. The van der Waals surface area contributed by atoms with E-state index in [2.05, 4.69) is 10.3 Å². The average Bonchev–Trinajstić information content (AvgIpc) is 3.51. The summed E-state index contributed by atoms with van der Waals surface area (Å²) in [6.45, 7) is 0. The SMILES string of the molecule is O=C(NC1CC(F)(F)C1)[C@H](c1ccccc1Cl)N(C(=O)[C@@H]1CCC(=O)N1c1nccs1)c1cccc(F)c1. The van der Waals surface area contributed by atoms with Gasteiger partial charge in [0.15, 0.2) is 5.13 Å². The van der Waals surface area contributed by atoms with Crippen molar-refractivity contribution in [2.75, 3.05) is 9.80 Å². The molecule has 1 aliphatic carbocycles. The number of nitrogens with one attached hydrogen (secondary N) is 1. The summed E-state index contributed by atoms with van der Waals surface area (Å²) >= 11 is 7.65. The molecule has 2 aliphatic rings. The van der Waals surface area contributed by atoms with E-state index in [0.717, 1.165) is 11.0 Å². The molecule has 12 heteroatoms. The van der Waals surface area contributed by atoms with Crippen molar-refractivity contribution in [3.63, 3.8) is 0 Å².